The Morgan fingerprint density at radius 1 is 1.29 bits per heavy atom. The van der Waals surface area contributed by atoms with Crippen LogP contribution in [0, 0.1) is 0 Å². The first-order chi connectivity index (χ1) is 13.7. The molecule has 0 bridgehead atoms. The maximum atomic E-state index is 12.7. The number of aromatic nitrogens is 4. The van der Waals surface area contributed by atoms with E-state index in [4.69, 9.17) is 0 Å². The lowest BCUT2D eigenvalue weighted by Crippen LogP contribution is -2.33. The van der Waals surface area contributed by atoms with E-state index in [0.29, 0.717) is 17.2 Å². The van der Waals surface area contributed by atoms with Crippen molar-refractivity contribution in [2.24, 2.45) is 0 Å². The number of hydrogen-bond donors (Lipinski definition) is 1. The molecule has 1 aliphatic rings. The quantitative estimate of drug-likeness (QED) is 0.703. The largest absolute Gasteiger partial charge is 0.352 e. The van der Waals surface area contributed by atoms with Crippen molar-refractivity contribution in [2.75, 3.05) is 34.8 Å². The lowest BCUT2D eigenvalue weighted by atomic mass is 10.1. The molecule has 1 aliphatic heterocycles. The minimum absolute atomic E-state index is 0.147. The van der Waals surface area contributed by atoms with Gasteiger partial charge in [-0.3, -0.25) is 4.79 Å². The third-order valence-electron chi connectivity index (χ3n) is 4.71. The number of hydrogen-bond acceptors (Lipinski definition) is 6. The van der Waals surface area contributed by atoms with Gasteiger partial charge >= 0.3 is 5.69 Å². The molecular formula is C19H22N6O2S. The molecule has 0 atom stereocenters. The molecule has 0 radical (unpaired) electrons. The van der Waals surface area contributed by atoms with Crippen molar-refractivity contribution in [3.8, 4) is 0 Å². The molecule has 1 amide bonds. The minimum Gasteiger partial charge on any atom is -0.352 e. The number of anilines is 2. The number of carbonyl (C=O) groups excluding carboxylic acids is 1. The van der Waals surface area contributed by atoms with Crippen LogP contribution in [0.4, 0.5) is 11.5 Å². The lowest BCUT2D eigenvalue weighted by Gasteiger charge is -2.27. The number of amides is 1. The Balaban J connectivity index is 1.57. The van der Waals surface area contributed by atoms with E-state index < -0.39 is 0 Å². The SMILES string of the molecule is CCc1cccc(NC(=O)Cn2nc3c(N4CCSCC4)nccn3c2=O)c1. The van der Waals surface area contributed by atoms with E-state index in [2.05, 4.69) is 27.2 Å². The fourth-order valence-corrected chi connectivity index (χ4v) is 4.15. The minimum atomic E-state index is -0.345. The van der Waals surface area contributed by atoms with E-state index >= 15 is 0 Å². The first-order valence-corrected chi connectivity index (χ1v) is 10.5. The van der Waals surface area contributed by atoms with Crippen LogP contribution in [0.5, 0.6) is 0 Å². The van der Waals surface area contributed by atoms with Crippen molar-refractivity contribution in [3.63, 3.8) is 0 Å². The Hall–Kier alpha value is -2.81. The van der Waals surface area contributed by atoms with Crippen molar-refractivity contribution in [3.05, 3.63) is 52.7 Å². The average Bonchev–Trinajstić information content (AvgIpc) is 3.04. The van der Waals surface area contributed by atoms with Gasteiger partial charge in [0.1, 0.15) is 6.54 Å². The Morgan fingerprint density at radius 3 is 2.89 bits per heavy atom. The highest BCUT2D eigenvalue weighted by atomic mass is 32.2. The monoisotopic (exact) mass is 398 g/mol. The standard InChI is InChI=1S/C19H22N6O2S/c1-2-14-4-3-5-15(12-14)21-16(26)13-25-19(27)24-7-6-20-17(18(24)22-25)23-8-10-28-11-9-23/h3-7,12H,2,8-11,13H2,1H3,(H,21,26). The molecule has 1 fully saturated rings. The molecule has 146 valence electrons. The van der Waals surface area contributed by atoms with Gasteiger partial charge in [0.25, 0.3) is 0 Å². The number of rotatable bonds is 5. The third-order valence-corrected chi connectivity index (χ3v) is 5.65. The molecule has 0 unspecified atom stereocenters. The molecule has 3 heterocycles. The second kappa shape index (κ2) is 8.05. The fraction of sp³-hybridized carbons (Fsp3) is 0.368. The van der Waals surface area contributed by atoms with E-state index in [-0.39, 0.29) is 18.1 Å². The van der Waals surface area contributed by atoms with Crippen LogP contribution in [0.15, 0.2) is 41.5 Å². The Morgan fingerprint density at radius 2 is 2.11 bits per heavy atom. The Bertz CT molecular complexity index is 1050. The molecule has 2 aromatic heterocycles. The number of fused-ring (bicyclic) bond motifs is 1. The highest BCUT2D eigenvalue weighted by Crippen LogP contribution is 2.20. The first-order valence-electron chi connectivity index (χ1n) is 9.31. The van der Waals surface area contributed by atoms with Crippen LogP contribution < -0.4 is 15.9 Å². The van der Waals surface area contributed by atoms with E-state index in [1.165, 1.54) is 9.08 Å². The molecule has 28 heavy (non-hydrogen) atoms. The maximum Gasteiger partial charge on any atom is 0.350 e. The summed E-state index contributed by atoms with van der Waals surface area (Å²) in [5, 5.41) is 7.24. The van der Waals surface area contributed by atoms with Gasteiger partial charge in [0.2, 0.25) is 11.6 Å². The molecule has 3 aromatic rings. The van der Waals surface area contributed by atoms with Gasteiger partial charge in [-0.2, -0.15) is 11.8 Å². The fourth-order valence-electron chi connectivity index (χ4n) is 3.24. The van der Waals surface area contributed by atoms with E-state index in [0.717, 1.165) is 36.6 Å². The second-order valence-electron chi connectivity index (χ2n) is 6.59. The van der Waals surface area contributed by atoms with Crippen LogP contribution in [-0.2, 0) is 17.8 Å². The predicted octanol–water partition coefficient (Wildman–Crippen LogP) is 1.65. The maximum absolute atomic E-state index is 12.7. The van der Waals surface area contributed by atoms with Crippen LogP contribution >= 0.6 is 11.8 Å². The molecular weight excluding hydrogens is 376 g/mol. The summed E-state index contributed by atoms with van der Waals surface area (Å²) in [6, 6.07) is 7.68. The van der Waals surface area contributed by atoms with Gasteiger partial charge in [0.05, 0.1) is 0 Å². The topological polar surface area (TPSA) is 84.5 Å². The van der Waals surface area contributed by atoms with Crippen LogP contribution in [0.1, 0.15) is 12.5 Å². The van der Waals surface area contributed by atoms with Gasteiger partial charge in [0, 0.05) is 42.7 Å². The number of aryl methyl sites for hydroxylation is 1. The van der Waals surface area contributed by atoms with Crippen LogP contribution in [0.25, 0.3) is 5.65 Å². The predicted molar refractivity (Wildman–Crippen MR) is 111 cm³/mol. The summed E-state index contributed by atoms with van der Waals surface area (Å²) in [6.07, 6.45) is 4.08. The van der Waals surface area contributed by atoms with Crippen molar-refractivity contribution < 1.29 is 4.79 Å². The molecule has 1 saturated heterocycles. The number of carbonyl (C=O) groups is 1. The van der Waals surface area contributed by atoms with Crippen LogP contribution in [0.2, 0.25) is 0 Å². The van der Waals surface area contributed by atoms with Gasteiger partial charge in [-0.25, -0.2) is 18.9 Å². The summed E-state index contributed by atoms with van der Waals surface area (Å²) in [7, 11) is 0. The van der Waals surface area contributed by atoms with E-state index in [9.17, 15) is 9.59 Å². The van der Waals surface area contributed by atoms with Crippen LogP contribution in [-0.4, -0.2) is 49.7 Å². The summed E-state index contributed by atoms with van der Waals surface area (Å²) < 4.78 is 2.65. The highest BCUT2D eigenvalue weighted by molar-refractivity contribution is 7.99. The summed E-state index contributed by atoms with van der Waals surface area (Å²) in [6.45, 7) is 3.65. The molecule has 8 nitrogen and oxygen atoms in total. The number of benzene rings is 1. The van der Waals surface area contributed by atoms with Gasteiger partial charge in [-0.1, -0.05) is 19.1 Å². The second-order valence-corrected chi connectivity index (χ2v) is 7.81. The zero-order valence-corrected chi connectivity index (χ0v) is 16.5. The van der Waals surface area contributed by atoms with E-state index in [1.807, 2.05) is 36.0 Å². The van der Waals surface area contributed by atoms with E-state index in [1.54, 1.807) is 12.4 Å². The summed E-state index contributed by atoms with van der Waals surface area (Å²) in [5.74, 6) is 2.44. The average molecular weight is 398 g/mol. The van der Waals surface area contributed by atoms with Crippen molar-refractivity contribution >= 4 is 34.8 Å². The van der Waals surface area contributed by atoms with Crippen molar-refractivity contribution in [1.82, 2.24) is 19.2 Å². The summed E-state index contributed by atoms with van der Waals surface area (Å²) in [5.41, 5.74) is 2.00. The zero-order valence-electron chi connectivity index (χ0n) is 15.7. The summed E-state index contributed by atoms with van der Waals surface area (Å²) in [4.78, 5) is 31.7. The van der Waals surface area contributed by atoms with Crippen molar-refractivity contribution in [2.45, 2.75) is 19.9 Å². The third kappa shape index (κ3) is 3.75. The molecule has 9 heteroatoms. The molecule has 0 spiro atoms. The number of nitrogens with zero attached hydrogens (tertiary/aromatic N) is 5. The molecule has 1 aromatic carbocycles. The number of nitrogens with one attached hydrogen (secondary N) is 1. The van der Waals surface area contributed by atoms with Crippen molar-refractivity contribution in [1.29, 1.82) is 0 Å². The highest BCUT2D eigenvalue weighted by Gasteiger charge is 2.19. The molecule has 4 rings (SSSR count). The van der Waals surface area contributed by atoms with Crippen LogP contribution in [0.3, 0.4) is 0 Å². The zero-order chi connectivity index (χ0) is 19.5. The normalized spacial score (nSPS) is 14.4. The summed E-state index contributed by atoms with van der Waals surface area (Å²) >= 11 is 1.90. The smallest absolute Gasteiger partial charge is 0.350 e. The van der Waals surface area contributed by atoms with Gasteiger partial charge in [-0.15, -0.1) is 5.10 Å². The molecule has 0 saturated carbocycles. The van der Waals surface area contributed by atoms with Gasteiger partial charge in [0.15, 0.2) is 5.82 Å². The Labute approximate surface area is 166 Å². The van der Waals surface area contributed by atoms with Gasteiger partial charge in [-0.05, 0) is 24.1 Å². The lowest BCUT2D eigenvalue weighted by molar-refractivity contribution is -0.117. The molecule has 0 aliphatic carbocycles. The Kier molecular flexibility index (Phi) is 5.34. The first kappa shape index (κ1) is 18.5. The van der Waals surface area contributed by atoms with Gasteiger partial charge < -0.3 is 10.2 Å². The number of thioether (sulfide) groups is 1. The molecule has 1 N–H and O–H groups in total.